The van der Waals surface area contributed by atoms with Gasteiger partial charge in [0.1, 0.15) is 6.04 Å². The predicted molar refractivity (Wildman–Crippen MR) is 81.4 cm³/mol. The van der Waals surface area contributed by atoms with E-state index in [1.165, 1.54) is 6.26 Å². The first kappa shape index (κ1) is 15.1. The Morgan fingerprint density at radius 2 is 2.05 bits per heavy atom. The van der Waals surface area contributed by atoms with Gasteiger partial charge >= 0.3 is 0 Å². The molecule has 2 aliphatic heterocycles. The molecule has 6 nitrogen and oxygen atoms in total. The Labute approximate surface area is 130 Å². The lowest BCUT2D eigenvalue weighted by Gasteiger charge is -2.35. The van der Waals surface area contributed by atoms with Crippen molar-refractivity contribution in [1.29, 1.82) is 0 Å². The molecule has 2 aliphatic rings. The molecule has 3 rings (SSSR count). The average molecular weight is 305 g/mol. The van der Waals surface area contributed by atoms with Crippen molar-refractivity contribution < 1.29 is 14.0 Å². The van der Waals surface area contributed by atoms with Crippen LogP contribution in [0.4, 0.5) is 0 Å². The van der Waals surface area contributed by atoms with E-state index in [-0.39, 0.29) is 23.9 Å². The second kappa shape index (κ2) is 6.96. The average Bonchev–Trinajstić information content (AvgIpc) is 3.09. The molecule has 2 amide bonds. The molecule has 2 N–H and O–H groups in total. The first-order valence-corrected chi connectivity index (χ1v) is 8.11. The van der Waals surface area contributed by atoms with Gasteiger partial charge in [-0.2, -0.15) is 0 Å². The van der Waals surface area contributed by atoms with Crippen molar-refractivity contribution in [2.75, 3.05) is 19.6 Å². The highest BCUT2D eigenvalue weighted by atomic mass is 16.3. The largest absolute Gasteiger partial charge is 0.459 e. The molecule has 0 bridgehead atoms. The molecule has 22 heavy (non-hydrogen) atoms. The van der Waals surface area contributed by atoms with Gasteiger partial charge in [0.25, 0.3) is 5.91 Å². The Balaban J connectivity index is 1.66. The van der Waals surface area contributed by atoms with E-state index < -0.39 is 0 Å². The third-order valence-corrected chi connectivity index (χ3v) is 4.48. The van der Waals surface area contributed by atoms with Gasteiger partial charge in [-0.1, -0.05) is 0 Å². The number of likely N-dealkylation sites (tertiary alicyclic amines) is 1. The topological polar surface area (TPSA) is 74.6 Å². The third kappa shape index (κ3) is 3.32. The second-order valence-electron chi connectivity index (χ2n) is 6.02. The van der Waals surface area contributed by atoms with Gasteiger partial charge in [-0.15, -0.1) is 0 Å². The molecule has 1 aromatic rings. The quantitative estimate of drug-likeness (QED) is 0.878. The van der Waals surface area contributed by atoms with Crippen molar-refractivity contribution in [1.82, 2.24) is 15.5 Å². The van der Waals surface area contributed by atoms with Gasteiger partial charge in [0, 0.05) is 12.6 Å². The zero-order valence-corrected chi connectivity index (χ0v) is 12.7. The van der Waals surface area contributed by atoms with Crippen LogP contribution >= 0.6 is 0 Å². The van der Waals surface area contributed by atoms with Crippen molar-refractivity contribution in [2.24, 2.45) is 0 Å². The lowest BCUT2D eigenvalue weighted by Crippen LogP contribution is -2.54. The van der Waals surface area contributed by atoms with Crippen molar-refractivity contribution in [3.8, 4) is 0 Å². The van der Waals surface area contributed by atoms with Crippen molar-refractivity contribution in [2.45, 2.75) is 44.2 Å². The number of nitrogens with zero attached hydrogens (tertiary/aromatic N) is 1. The Morgan fingerprint density at radius 3 is 2.77 bits per heavy atom. The summed E-state index contributed by atoms with van der Waals surface area (Å²) >= 11 is 0. The summed E-state index contributed by atoms with van der Waals surface area (Å²) in [5.74, 6) is 0.100. The zero-order valence-electron chi connectivity index (χ0n) is 12.7. The summed E-state index contributed by atoms with van der Waals surface area (Å²) in [7, 11) is 0. The first-order chi connectivity index (χ1) is 10.8. The summed E-state index contributed by atoms with van der Waals surface area (Å²) in [6.45, 7) is 2.49. The SMILES string of the molecule is O=C(NC1CCNCC1)C1CCCCN1C(=O)c1ccco1. The minimum Gasteiger partial charge on any atom is -0.459 e. The van der Waals surface area contributed by atoms with Crippen LogP contribution in [-0.2, 0) is 4.79 Å². The molecular weight excluding hydrogens is 282 g/mol. The molecule has 1 aromatic heterocycles. The van der Waals surface area contributed by atoms with Gasteiger partial charge in [-0.3, -0.25) is 9.59 Å². The normalized spacial score (nSPS) is 23.3. The first-order valence-electron chi connectivity index (χ1n) is 8.11. The summed E-state index contributed by atoms with van der Waals surface area (Å²) in [4.78, 5) is 26.8. The van der Waals surface area contributed by atoms with Crippen LogP contribution in [0, 0.1) is 0 Å². The summed E-state index contributed by atoms with van der Waals surface area (Å²) in [5, 5.41) is 6.40. The van der Waals surface area contributed by atoms with Crippen LogP contribution in [0.1, 0.15) is 42.7 Å². The minimum absolute atomic E-state index is 0.0218. The molecule has 0 aliphatic carbocycles. The highest BCUT2D eigenvalue weighted by Crippen LogP contribution is 2.20. The van der Waals surface area contributed by atoms with Crippen LogP contribution in [0.25, 0.3) is 0 Å². The van der Waals surface area contributed by atoms with Crippen LogP contribution in [0.5, 0.6) is 0 Å². The Kier molecular flexibility index (Phi) is 4.77. The van der Waals surface area contributed by atoms with E-state index in [2.05, 4.69) is 10.6 Å². The number of hydrogen-bond donors (Lipinski definition) is 2. The summed E-state index contributed by atoms with van der Waals surface area (Å²) in [6, 6.07) is 3.19. The summed E-state index contributed by atoms with van der Waals surface area (Å²) < 4.78 is 5.20. The van der Waals surface area contributed by atoms with Gasteiger partial charge < -0.3 is 20.0 Å². The molecule has 1 atom stereocenters. The number of nitrogens with one attached hydrogen (secondary N) is 2. The molecule has 0 aromatic carbocycles. The molecule has 0 spiro atoms. The van der Waals surface area contributed by atoms with Gasteiger partial charge in [-0.25, -0.2) is 0 Å². The highest BCUT2D eigenvalue weighted by Gasteiger charge is 2.34. The maximum absolute atomic E-state index is 12.6. The standard InChI is InChI=1S/C16H23N3O3/c20-15(18-12-6-8-17-9-7-12)13-4-1-2-10-19(13)16(21)14-5-3-11-22-14/h3,5,11-13,17H,1-2,4,6-10H2,(H,18,20). The number of hydrogen-bond acceptors (Lipinski definition) is 4. The van der Waals surface area contributed by atoms with Crippen molar-refractivity contribution in [3.05, 3.63) is 24.2 Å². The van der Waals surface area contributed by atoms with Gasteiger partial charge in [0.05, 0.1) is 6.26 Å². The Morgan fingerprint density at radius 1 is 1.23 bits per heavy atom. The van der Waals surface area contributed by atoms with E-state index in [0.717, 1.165) is 45.2 Å². The van der Waals surface area contributed by atoms with E-state index in [0.29, 0.717) is 12.3 Å². The molecule has 1 unspecified atom stereocenters. The van der Waals surface area contributed by atoms with Gasteiger partial charge in [-0.05, 0) is 57.3 Å². The predicted octanol–water partition coefficient (Wildman–Crippen LogP) is 1.14. The van der Waals surface area contributed by atoms with Crippen LogP contribution < -0.4 is 10.6 Å². The van der Waals surface area contributed by atoms with Crippen LogP contribution in [0.3, 0.4) is 0 Å². The molecule has 0 saturated carbocycles. The molecular formula is C16H23N3O3. The van der Waals surface area contributed by atoms with Crippen LogP contribution in [0.2, 0.25) is 0 Å². The van der Waals surface area contributed by atoms with E-state index in [4.69, 9.17) is 4.42 Å². The summed E-state index contributed by atoms with van der Waals surface area (Å²) in [5.41, 5.74) is 0. The second-order valence-corrected chi connectivity index (χ2v) is 6.02. The fraction of sp³-hybridized carbons (Fsp3) is 0.625. The van der Waals surface area contributed by atoms with E-state index in [9.17, 15) is 9.59 Å². The number of carbonyl (C=O) groups excluding carboxylic acids is 2. The molecule has 0 radical (unpaired) electrons. The number of carbonyl (C=O) groups is 2. The highest BCUT2D eigenvalue weighted by molar-refractivity contribution is 5.95. The van der Waals surface area contributed by atoms with Gasteiger partial charge in [0.2, 0.25) is 5.91 Å². The van der Waals surface area contributed by atoms with Crippen LogP contribution in [0.15, 0.2) is 22.8 Å². The minimum atomic E-state index is -0.374. The smallest absolute Gasteiger partial charge is 0.290 e. The van der Waals surface area contributed by atoms with E-state index in [1.807, 2.05) is 0 Å². The monoisotopic (exact) mass is 305 g/mol. The number of piperidine rings is 2. The zero-order chi connectivity index (χ0) is 15.4. The number of rotatable bonds is 3. The van der Waals surface area contributed by atoms with Gasteiger partial charge in [0.15, 0.2) is 5.76 Å². The van der Waals surface area contributed by atoms with E-state index >= 15 is 0 Å². The molecule has 2 fully saturated rings. The molecule has 2 saturated heterocycles. The maximum atomic E-state index is 12.6. The van der Waals surface area contributed by atoms with Crippen LogP contribution in [-0.4, -0.2) is 48.4 Å². The lowest BCUT2D eigenvalue weighted by molar-refractivity contribution is -0.127. The Hall–Kier alpha value is -1.82. The lowest BCUT2D eigenvalue weighted by atomic mass is 9.99. The third-order valence-electron chi connectivity index (χ3n) is 4.48. The fourth-order valence-corrected chi connectivity index (χ4v) is 3.25. The molecule has 6 heteroatoms. The Bertz CT molecular complexity index is 509. The molecule has 120 valence electrons. The molecule has 3 heterocycles. The number of amides is 2. The van der Waals surface area contributed by atoms with Crippen molar-refractivity contribution >= 4 is 11.8 Å². The summed E-state index contributed by atoms with van der Waals surface area (Å²) in [6.07, 6.45) is 6.02. The fourth-order valence-electron chi connectivity index (χ4n) is 3.25. The van der Waals surface area contributed by atoms with Crippen molar-refractivity contribution in [3.63, 3.8) is 0 Å². The van der Waals surface area contributed by atoms with E-state index in [1.54, 1.807) is 17.0 Å². The maximum Gasteiger partial charge on any atom is 0.290 e. The number of furan rings is 1.